The van der Waals surface area contributed by atoms with E-state index in [9.17, 15) is 0 Å². The molecule has 2 aliphatic rings. The van der Waals surface area contributed by atoms with Crippen molar-refractivity contribution in [2.24, 2.45) is 5.41 Å². The third kappa shape index (κ3) is 5.96. The molecule has 0 spiro atoms. The van der Waals surface area contributed by atoms with Gasteiger partial charge in [-0.05, 0) is 91.3 Å². The fourth-order valence-electron chi connectivity index (χ4n) is 7.69. The monoisotopic (exact) mass is 612 g/mol. The maximum absolute atomic E-state index is 2.55. The van der Waals surface area contributed by atoms with E-state index < -0.39 is 0 Å². The minimum atomic E-state index is -0.117. The van der Waals surface area contributed by atoms with Crippen molar-refractivity contribution in [3.05, 3.63) is 165 Å². The summed E-state index contributed by atoms with van der Waals surface area (Å²) >= 11 is 0. The molecule has 0 aromatic heterocycles. The Hall–Kier alpha value is -4.42. The first kappa shape index (κ1) is 31.2. The van der Waals surface area contributed by atoms with Gasteiger partial charge in [-0.25, -0.2) is 0 Å². The molecule has 236 valence electrons. The van der Waals surface area contributed by atoms with Gasteiger partial charge in [-0.3, -0.25) is 0 Å². The topological polar surface area (TPSA) is 0 Å². The molecule has 5 aromatic rings. The Bertz CT molecular complexity index is 1890. The molecule has 5 aromatic carbocycles. The first-order valence-electron chi connectivity index (χ1n) is 17.3. The van der Waals surface area contributed by atoms with Gasteiger partial charge in [-0.15, -0.1) is 0 Å². The number of allylic oxidation sites excluding steroid dienone is 2. The molecule has 0 amide bonds. The molecule has 0 unspecified atom stereocenters. The van der Waals surface area contributed by atoms with Crippen LogP contribution >= 0.6 is 0 Å². The van der Waals surface area contributed by atoms with Crippen LogP contribution in [0.15, 0.2) is 126 Å². The first-order valence-corrected chi connectivity index (χ1v) is 17.3. The van der Waals surface area contributed by atoms with Crippen molar-refractivity contribution in [1.29, 1.82) is 0 Å². The second-order valence-electron chi connectivity index (χ2n) is 16.1. The fourth-order valence-corrected chi connectivity index (χ4v) is 7.69. The van der Waals surface area contributed by atoms with Crippen molar-refractivity contribution in [3.63, 3.8) is 0 Å². The summed E-state index contributed by atoms with van der Waals surface area (Å²) in [5, 5.41) is 0. The van der Waals surface area contributed by atoms with E-state index in [0.717, 1.165) is 19.3 Å². The maximum atomic E-state index is 2.55. The third-order valence-electron chi connectivity index (χ3n) is 10.7. The van der Waals surface area contributed by atoms with Crippen LogP contribution in [0.5, 0.6) is 0 Å². The number of benzene rings is 5. The zero-order valence-corrected chi connectivity index (χ0v) is 29.2. The molecule has 0 N–H and O–H groups in total. The van der Waals surface area contributed by atoms with Crippen molar-refractivity contribution < 1.29 is 0 Å². The van der Waals surface area contributed by atoms with E-state index in [1.807, 2.05) is 0 Å². The standard InChI is InChI=1S/C47H48/c1-45(2,3)37-21-11-17-33(25-37)41-23-13-19-35-27-39(29-43(35)41)47(7,31-32-15-9-8-10-16-32)40-28-36-20-14-24-42(44(36)30-40)34-18-12-22-38(26-34)46(4,5)6/h8-26,29-30H,27-28,31H2,1-7H3. The van der Waals surface area contributed by atoms with Gasteiger partial charge in [0.1, 0.15) is 0 Å². The van der Waals surface area contributed by atoms with Crippen LogP contribution in [0.3, 0.4) is 0 Å². The normalized spacial score (nSPS) is 14.4. The molecule has 0 fully saturated rings. The van der Waals surface area contributed by atoms with Crippen LogP contribution in [0.25, 0.3) is 34.4 Å². The summed E-state index contributed by atoms with van der Waals surface area (Å²) in [6, 6.07) is 43.3. The summed E-state index contributed by atoms with van der Waals surface area (Å²) < 4.78 is 0. The van der Waals surface area contributed by atoms with Gasteiger partial charge in [0, 0.05) is 5.41 Å². The highest BCUT2D eigenvalue weighted by molar-refractivity contribution is 5.85. The number of hydrogen-bond acceptors (Lipinski definition) is 0. The molecule has 0 saturated heterocycles. The van der Waals surface area contributed by atoms with Crippen molar-refractivity contribution in [3.8, 4) is 22.3 Å². The van der Waals surface area contributed by atoms with Crippen LogP contribution in [0, 0.1) is 5.41 Å². The summed E-state index contributed by atoms with van der Waals surface area (Å²) in [5.74, 6) is 0. The van der Waals surface area contributed by atoms with E-state index in [-0.39, 0.29) is 16.2 Å². The van der Waals surface area contributed by atoms with Crippen LogP contribution < -0.4 is 0 Å². The van der Waals surface area contributed by atoms with Crippen LogP contribution in [0.1, 0.15) is 87.4 Å². The predicted molar refractivity (Wildman–Crippen MR) is 203 cm³/mol. The van der Waals surface area contributed by atoms with Gasteiger partial charge < -0.3 is 0 Å². The lowest BCUT2D eigenvalue weighted by Crippen LogP contribution is -2.25. The Morgan fingerprint density at radius 3 is 1.36 bits per heavy atom. The Balaban J connectivity index is 1.33. The van der Waals surface area contributed by atoms with Crippen LogP contribution in [-0.2, 0) is 30.1 Å². The molecule has 0 atom stereocenters. The molecule has 47 heavy (non-hydrogen) atoms. The molecular formula is C47H48. The van der Waals surface area contributed by atoms with Gasteiger partial charge in [0.25, 0.3) is 0 Å². The Labute approximate surface area is 282 Å². The van der Waals surface area contributed by atoms with Gasteiger partial charge in [0.2, 0.25) is 0 Å². The third-order valence-corrected chi connectivity index (χ3v) is 10.7. The highest BCUT2D eigenvalue weighted by atomic mass is 14.4. The Morgan fingerprint density at radius 2 is 0.915 bits per heavy atom. The van der Waals surface area contributed by atoms with E-state index in [2.05, 4.69) is 176 Å². The molecule has 0 heteroatoms. The molecule has 0 saturated carbocycles. The van der Waals surface area contributed by atoms with E-state index in [1.54, 1.807) is 0 Å². The number of hydrogen-bond donors (Lipinski definition) is 0. The van der Waals surface area contributed by atoms with Gasteiger partial charge in [0.15, 0.2) is 0 Å². The lowest BCUT2D eigenvalue weighted by molar-refractivity contribution is 0.466. The van der Waals surface area contributed by atoms with E-state index in [4.69, 9.17) is 0 Å². The largest absolute Gasteiger partial charge is 0.0622 e. The Morgan fingerprint density at radius 1 is 0.468 bits per heavy atom. The summed E-state index contributed by atoms with van der Waals surface area (Å²) in [5.41, 5.74) is 18.3. The maximum Gasteiger partial charge on any atom is 0.0146 e. The Kier molecular flexibility index (Phi) is 7.75. The zero-order valence-electron chi connectivity index (χ0n) is 29.2. The zero-order chi connectivity index (χ0) is 33.0. The average Bonchev–Trinajstić information content (AvgIpc) is 3.70. The average molecular weight is 613 g/mol. The number of fused-ring (bicyclic) bond motifs is 2. The summed E-state index contributed by atoms with van der Waals surface area (Å²) in [6.07, 6.45) is 8.06. The van der Waals surface area contributed by atoms with Crippen LogP contribution in [-0.4, -0.2) is 0 Å². The minimum Gasteiger partial charge on any atom is -0.0622 e. The van der Waals surface area contributed by atoms with Crippen molar-refractivity contribution >= 4 is 12.2 Å². The second-order valence-corrected chi connectivity index (χ2v) is 16.1. The quantitative estimate of drug-likeness (QED) is 0.179. The number of rotatable bonds is 6. The fraction of sp³-hybridized carbons (Fsp3) is 0.277. The van der Waals surface area contributed by atoms with Gasteiger partial charge in [-0.2, -0.15) is 0 Å². The van der Waals surface area contributed by atoms with Gasteiger partial charge in [-0.1, -0.05) is 187 Å². The molecule has 2 aliphatic carbocycles. The summed E-state index contributed by atoms with van der Waals surface area (Å²) in [4.78, 5) is 0. The molecule has 7 rings (SSSR count). The van der Waals surface area contributed by atoms with Crippen LogP contribution in [0.4, 0.5) is 0 Å². The molecule has 0 bridgehead atoms. The highest BCUT2D eigenvalue weighted by Gasteiger charge is 2.38. The van der Waals surface area contributed by atoms with Gasteiger partial charge >= 0.3 is 0 Å². The summed E-state index contributed by atoms with van der Waals surface area (Å²) in [7, 11) is 0. The first-order chi connectivity index (χ1) is 22.4. The van der Waals surface area contributed by atoms with E-state index in [1.165, 1.54) is 72.3 Å². The highest BCUT2D eigenvalue weighted by Crippen LogP contribution is 2.50. The second kappa shape index (κ2) is 11.7. The lowest BCUT2D eigenvalue weighted by atomic mass is 9.70. The molecule has 0 heterocycles. The van der Waals surface area contributed by atoms with Crippen molar-refractivity contribution in [2.75, 3.05) is 0 Å². The van der Waals surface area contributed by atoms with Crippen LogP contribution in [0.2, 0.25) is 0 Å². The van der Waals surface area contributed by atoms with E-state index in [0.29, 0.717) is 0 Å². The predicted octanol–water partition coefficient (Wildman–Crippen LogP) is 12.4. The molecule has 0 nitrogen and oxygen atoms in total. The SMILES string of the molecule is CC(Cc1ccccc1)(C1=Cc2c(cccc2-c2cccc(C(C)(C)C)c2)C1)C1=Cc2c(cccc2-c2cccc(C(C)(C)C)c2)C1. The summed E-state index contributed by atoms with van der Waals surface area (Å²) in [6.45, 7) is 16.3. The minimum absolute atomic E-state index is 0.111. The molecule has 0 radical (unpaired) electrons. The smallest absolute Gasteiger partial charge is 0.0146 e. The molecular weight excluding hydrogens is 565 g/mol. The van der Waals surface area contributed by atoms with Crippen molar-refractivity contribution in [1.82, 2.24) is 0 Å². The van der Waals surface area contributed by atoms with E-state index >= 15 is 0 Å². The van der Waals surface area contributed by atoms with Crippen molar-refractivity contribution in [2.45, 2.75) is 78.6 Å². The molecule has 0 aliphatic heterocycles. The lowest BCUT2D eigenvalue weighted by Gasteiger charge is -2.34. The van der Waals surface area contributed by atoms with Gasteiger partial charge in [0.05, 0.1) is 0 Å².